The largest absolute Gasteiger partial charge is 0.489 e. The van der Waals surface area contributed by atoms with Crippen molar-refractivity contribution in [3.05, 3.63) is 107 Å². The van der Waals surface area contributed by atoms with Crippen LogP contribution in [0.1, 0.15) is 16.5 Å². The van der Waals surface area contributed by atoms with Gasteiger partial charge in [-0.05, 0) is 58.3 Å². The molecule has 1 fully saturated rings. The van der Waals surface area contributed by atoms with Crippen molar-refractivity contribution in [2.24, 2.45) is 0 Å². The molecule has 1 amide bonds. The molecule has 0 bridgehead atoms. The summed E-state index contributed by atoms with van der Waals surface area (Å²) in [6, 6.07) is 30.0. The Balaban J connectivity index is 1.32. The molecule has 0 unspecified atom stereocenters. The molecular weight excluding hydrogens is 426 g/mol. The number of hydrogen-bond acceptors (Lipinski definition) is 3. The van der Waals surface area contributed by atoms with Gasteiger partial charge in [-0.3, -0.25) is 9.69 Å². The zero-order valence-electron chi connectivity index (χ0n) is 16.7. The van der Waals surface area contributed by atoms with Gasteiger partial charge >= 0.3 is 0 Å². The Bertz CT molecular complexity index is 1220. The van der Waals surface area contributed by atoms with Gasteiger partial charge < -0.3 is 4.74 Å². The molecule has 5 rings (SSSR count). The summed E-state index contributed by atoms with van der Waals surface area (Å²) in [6.07, 6.45) is 0. The zero-order chi connectivity index (χ0) is 21.2. The maximum absolute atomic E-state index is 12.5. The summed E-state index contributed by atoms with van der Waals surface area (Å²) >= 11 is 7.64. The van der Waals surface area contributed by atoms with Gasteiger partial charge in [0, 0.05) is 10.7 Å². The van der Waals surface area contributed by atoms with E-state index >= 15 is 0 Å². The van der Waals surface area contributed by atoms with Crippen LogP contribution in [-0.2, 0) is 11.4 Å². The number of amides is 1. The molecule has 1 aliphatic heterocycles. The third-order valence-electron chi connectivity index (χ3n) is 5.41. The second kappa shape index (κ2) is 8.66. The molecule has 1 aliphatic rings. The first kappa shape index (κ1) is 20.0. The van der Waals surface area contributed by atoms with Crippen LogP contribution in [0.4, 0.5) is 5.69 Å². The Kier molecular flexibility index (Phi) is 5.58. The van der Waals surface area contributed by atoms with Crippen LogP contribution >= 0.6 is 23.4 Å². The second-order valence-electron chi connectivity index (χ2n) is 7.40. The fraction of sp³-hybridized carbons (Fsp3) is 0.115. The lowest BCUT2D eigenvalue weighted by Crippen LogP contribution is -2.27. The van der Waals surface area contributed by atoms with Gasteiger partial charge in [0.2, 0.25) is 5.91 Å². The highest BCUT2D eigenvalue weighted by Crippen LogP contribution is 2.42. The van der Waals surface area contributed by atoms with Crippen molar-refractivity contribution in [1.82, 2.24) is 0 Å². The van der Waals surface area contributed by atoms with E-state index in [2.05, 4.69) is 30.3 Å². The van der Waals surface area contributed by atoms with Crippen LogP contribution in [0.2, 0.25) is 5.02 Å². The van der Waals surface area contributed by atoms with Crippen molar-refractivity contribution in [3.63, 3.8) is 0 Å². The number of rotatable bonds is 5. The van der Waals surface area contributed by atoms with Crippen molar-refractivity contribution in [1.29, 1.82) is 0 Å². The quantitative estimate of drug-likeness (QED) is 0.336. The highest BCUT2D eigenvalue weighted by Gasteiger charge is 2.33. The maximum atomic E-state index is 12.5. The summed E-state index contributed by atoms with van der Waals surface area (Å²) < 4.78 is 6.06. The normalized spacial score (nSPS) is 16.1. The summed E-state index contributed by atoms with van der Waals surface area (Å²) in [5, 5.41) is 3.03. The minimum atomic E-state index is -0.0548. The van der Waals surface area contributed by atoms with Crippen molar-refractivity contribution >= 4 is 45.7 Å². The molecule has 0 radical (unpaired) electrons. The lowest BCUT2D eigenvalue weighted by atomic mass is 10.1. The minimum absolute atomic E-state index is 0.0548. The van der Waals surface area contributed by atoms with Crippen LogP contribution in [0.25, 0.3) is 10.8 Å². The van der Waals surface area contributed by atoms with Gasteiger partial charge in [-0.2, -0.15) is 0 Å². The fourth-order valence-corrected chi connectivity index (χ4v) is 5.16. The number of ether oxygens (including phenoxy) is 1. The molecule has 0 saturated carbocycles. The molecule has 0 aromatic heterocycles. The SMILES string of the molecule is O=C1CS[C@@H](c2ccc(OCc3cccc4ccccc34)cc2)N1c1ccc(Cl)cc1. The van der Waals surface area contributed by atoms with Crippen LogP contribution in [0, 0.1) is 0 Å². The van der Waals surface area contributed by atoms with E-state index in [0.717, 1.165) is 22.6 Å². The van der Waals surface area contributed by atoms with Gasteiger partial charge in [-0.15, -0.1) is 11.8 Å². The van der Waals surface area contributed by atoms with Crippen LogP contribution in [0.15, 0.2) is 91.0 Å². The van der Waals surface area contributed by atoms with Gasteiger partial charge in [0.15, 0.2) is 0 Å². The first-order chi connectivity index (χ1) is 15.2. The molecule has 0 spiro atoms. The molecule has 4 aromatic rings. The van der Waals surface area contributed by atoms with E-state index < -0.39 is 0 Å². The van der Waals surface area contributed by atoms with E-state index in [1.165, 1.54) is 10.8 Å². The van der Waals surface area contributed by atoms with Gasteiger partial charge in [0.25, 0.3) is 0 Å². The number of nitrogens with zero attached hydrogens (tertiary/aromatic N) is 1. The van der Waals surface area contributed by atoms with Crippen LogP contribution < -0.4 is 9.64 Å². The van der Waals surface area contributed by atoms with Crippen molar-refractivity contribution < 1.29 is 9.53 Å². The summed E-state index contributed by atoms with van der Waals surface area (Å²) in [6.45, 7) is 0.508. The molecule has 1 atom stereocenters. The average molecular weight is 446 g/mol. The molecule has 0 N–H and O–H groups in total. The number of fused-ring (bicyclic) bond motifs is 1. The summed E-state index contributed by atoms with van der Waals surface area (Å²) in [7, 11) is 0. The number of halogens is 1. The van der Waals surface area contributed by atoms with Crippen LogP contribution in [-0.4, -0.2) is 11.7 Å². The predicted molar refractivity (Wildman–Crippen MR) is 129 cm³/mol. The van der Waals surface area contributed by atoms with Crippen molar-refractivity contribution in [3.8, 4) is 5.75 Å². The number of carbonyl (C=O) groups excluding carboxylic acids is 1. The number of anilines is 1. The standard InChI is InChI=1S/C26H20ClNO2S/c27-21-10-12-22(13-11-21)28-25(29)17-31-26(28)19-8-14-23(15-9-19)30-16-20-6-3-5-18-4-1-2-7-24(18)20/h1-15,26H,16-17H2/t26-/m0/s1. The smallest absolute Gasteiger partial charge is 0.238 e. The van der Waals surface area contributed by atoms with E-state index in [4.69, 9.17) is 16.3 Å². The average Bonchev–Trinajstić information content (AvgIpc) is 3.20. The second-order valence-corrected chi connectivity index (χ2v) is 8.90. The number of thioether (sulfide) groups is 1. The Hall–Kier alpha value is -2.95. The third kappa shape index (κ3) is 4.14. The Morgan fingerprint density at radius 3 is 2.45 bits per heavy atom. The zero-order valence-corrected chi connectivity index (χ0v) is 18.3. The van der Waals surface area contributed by atoms with Gasteiger partial charge in [0.1, 0.15) is 17.7 Å². The Morgan fingerprint density at radius 1 is 0.903 bits per heavy atom. The first-order valence-electron chi connectivity index (χ1n) is 10.1. The molecule has 0 aliphatic carbocycles. The van der Waals surface area contributed by atoms with Crippen LogP contribution in [0.3, 0.4) is 0 Å². The molecule has 1 heterocycles. The topological polar surface area (TPSA) is 29.5 Å². The molecule has 31 heavy (non-hydrogen) atoms. The molecular formula is C26H20ClNO2S. The van der Waals surface area contributed by atoms with E-state index in [9.17, 15) is 4.79 Å². The van der Waals surface area contributed by atoms with Crippen molar-refractivity contribution in [2.75, 3.05) is 10.7 Å². The van der Waals surface area contributed by atoms with E-state index in [-0.39, 0.29) is 11.3 Å². The van der Waals surface area contributed by atoms with Crippen molar-refractivity contribution in [2.45, 2.75) is 12.0 Å². The van der Waals surface area contributed by atoms with E-state index in [0.29, 0.717) is 17.4 Å². The fourth-order valence-electron chi connectivity index (χ4n) is 3.86. The first-order valence-corrected chi connectivity index (χ1v) is 11.5. The molecule has 1 saturated heterocycles. The molecule has 154 valence electrons. The highest BCUT2D eigenvalue weighted by atomic mass is 35.5. The maximum Gasteiger partial charge on any atom is 0.238 e. The van der Waals surface area contributed by atoms with Gasteiger partial charge in [0.05, 0.1) is 5.75 Å². The number of benzene rings is 4. The Morgan fingerprint density at radius 2 is 1.65 bits per heavy atom. The predicted octanol–water partition coefficient (Wildman–Crippen LogP) is 6.85. The summed E-state index contributed by atoms with van der Waals surface area (Å²) in [5.41, 5.74) is 3.09. The summed E-state index contributed by atoms with van der Waals surface area (Å²) in [4.78, 5) is 14.4. The molecule has 4 aromatic carbocycles. The minimum Gasteiger partial charge on any atom is -0.489 e. The number of carbonyl (C=O) groups is 1. The third-order valence-corrected chi connectivity index (χ3v) is 6.88. The monoisotopic (exact) mass is 445 g/mol. The van der Waals surface area contributed by atoms with E-state index in [1.807, 2.05) is 65.6 Å². The van der Waals surface area contributed by atoms with E-state index in [1.54, 1.807) is 11.8 Å². The Labute approximate surface area is 190 Å². The van der Waals surface area contributed by atoms with Gasteiger partial charge in [-0.25, -0.2) is 0 Å². The van der Waals surface area contributed by atoms with Gasteiger partial charge in [-0.1, -0.05) is 66.2 Å². The highest BCUT2D eigenvalue weighted by molar-refractivity contribution is 8.00. The lowest BCUT2D eigenvalue weighted by Gasteiger charge is -2.24. The summed E-state index contributed by atoms with van der Waals surface area (Å²) in [5.74, 6) is 1.38. The molecule has 5 heteroatoms. The molecule has 3 nitrogen and oxygen atoms in total. The number of hydrogen-bond donors (Lipinski definition) is 0. The lowest BCUT2D eigenvalue weighted by molar-refractivity contribution is -0.115. The van der Waals surface area contributed by atoms with Crippen LogP contribution in [0.5, 0.6) is 5.75 Å².